The third kappa shape index (κ3) is 2.36. The van der Waals surface area contributed by atoms with E-state index in [2.05, 4.69) is 0 Å². The molecular weight excluding hydrogens is 284 g/mol. The Bertz CT molecular complexity index is 687. The number of hydrogen-bond donors (Lipinski definition) is 0. The van der Waals surface area contributed by atoms with E-state index in [0.717, 1.165) is 0 Å². The number of ether oxygens (including phenoxy) is 3. The fourth-order valence-electron chi connectivity index (χ4n) is 1.91. The normalized spacial score (nSPS) is 15.2. The van der Waals surface area contributed by atoms with Crippen LogP contribution in [0.3, 0.4) is 0 Å². The second kappa shape index (κ2) is 5.16. The van der Waals surface area contributed by atoms with Crippen molar-refractivity contribution in [3.8, 4) is 11.5 Å². The number of hydrogen-bond acceptors (Lipinski definition) is 6. The van der Waals surface area contributed by atoms with Gasteiger partial charge in [0.15, 0.2) is 11.5 Å². The van der Waals surface area contributed by atoms with E-state index < -0.39 is 15.8 Å². The molecule has 20 heavy (non-hydrogen) atoms. The Labute approximate surface area is 116 Å². The first-order valence-corrected chi connectivity index (χ1v) is 7.23. The predicted octanol–water partition coefficient (Wildman–Crippen LogP) is 1.40. The van der Waals surface area contributed by atoms with Gasteiger partial charge in [0, 0.05) is 13.0 Å². The van der Waals surface area contributed by atoms with Crippen LogP contribution in [0.4, 0.5) is 0 Å². The number of sulfone groups is 1. The van der Waals surface area contributed by atoms with Gasteiger partial charge in [0.05, 0.1) is 24.0 Å². The van der Waals surface area contributed by atoms with Crippen molar-refractivity contribution in [1.29, 1.82) is 0 Å². The standard InChI is InChI=1S/C13H14O6S/c1-8(14)19-7-10-4-9-5-11(17-2)12(18-3)6-13(9)20(10,15)16/h4-6H,7H2,1-3H3. The molecule has 1 aromatic carbocycles. The molecule has 1 aliphatic heterocycles. The highest BCUT2D eigenvalue weighted by atomic mass is 32.2. The van der Waals surface area contributed by atoms with Crippen LogP contribution in [-0.2, 0) is 19.4 Å². The second-order valence-electron chi connectivity index (χ2n) is 4.14. The van der Waals surface area contributed by atoms with Gasteiger partial charge in [0.1, 0.15) is 6.61 Å². The molecule has 0 atom stereocenters. The summed E-state index contributed by atoms with van der Waals surface area (Å²) in [5.41, 5.74) is 0.491. The SMILES string of the molecule is COc1cc2c(cc1OC)S(=O)(=O)C(COC(C)=O)=C2. The van der Waals surface area contributed by atoms with Crippen molar-refractivity contribution in [3.05, 3.63) is 22.6 Å². The number of fused-ring (bicyclic) bond motifs is 1. The van der Waals surface area contributed by atoms with Crippen LogP contribution in [0.2, 0.25) is 0 Å². The average molecular weight is 298 g/mol. The van der Waals surface area contributed by atoms with Crippen LogP contribution in [0.1, 0.15) is 12.5 Å². The van der Waals surface area contributed by atoms with Gasteiger partial charge < -0.3 is 14.2 Å². The van der Waals surface area contributed by atoms with E-state index in [1.54, 1.807) is 6.07 Å². The highest BCUT2D eigenvalue weighted by Crippen LogP contribution is 2.40. The molecule has 6 nitrogen and oxygen atoms in total. The zero-order chi connectivity index (χ0) is 14.9. The molecule has 0 bridgehead atoms. The topological polar surface area (TPSA) is 78.9 Å². The van der Waals surface area contributed by atoms with Crippen molar-refractivity contribution in [1.82, 2.24) is 0 Å². The molecule has 0 saturated heterocycles. The maximum atomic E-state index is 12.3. The van der Waals surface area contributed by atoms with E-state index in [9.17, 15) is 13.2 Å². The Balaban J connectivity index is 2.46. The molecule has 0 N–H and O–H groups in total. The molecule has 0 aliphatic carbocycles. The molecule has 1 aliphatic rings. The number of rotatable bonds is 4. The Morgan fingerprint density at radius 1 is 1.15 bits per heavy atom. The van der Waals surface area contributed by atoms with Gasteiger partial charge in [-0.2, -0.15) is 0 Å². The largest absolute Gasteiger partial charge is 0.493 e. The fraction of sp³-hybridized carbons (Fsp3) is 0.308. The minimum Gasteiger partial charge on any atom is -0.493 e. The summed E-state index contributed by atoms with van der Waals surface area (Å²) in [6.07, 6.45) is 1.47. The summed E-state index contributed by atoms with van der Waals surface area (Å²) in [5, 5.41) is 0. The van der Waals surface area contributed by atoms with Crippen molar-refractivity contribution in [2.24, 2.45) is 0 Å². The molecule has 0 saturated carbocycles. The van der Waals surface area contributed by atoms with Crippen molar-refractivity contribution in [2.45, 2.75) is 11.8 Å². The van der Waals surface area contributed by atoms with Gasteiger partial charge in [0.2, 0.25) is 9.84 Å². The molecule has 0 amide bonds. The lowest BCUT2D eigenvalue weighted by atomic mass is 10.2. The van der Waals surface area contributed by atoms with Crippen LogP contribution in [0.5, 0.6) is 11.5 Å². The Morgan fingerprint density at radius 2 is 1.75 bits per heavy atom. The van der Waals surface area contributed by atoms with Crippen molar-refractivity contribution < 1.29 is 27.4 Å². The third-order valence-corrected chi connectivity index (χ3v) is 4.74. The zero-order valence-electron chi connectivity index (χ0n) is 11.3. The number of methoxy groups -OCH3 is 2. The summed E-state index contributed by atoms with van der Waals surface area (Å²) in [6.45, 7) is 0.943. The van der Waals surface area contributed by atoms with Crippen LogP contribution in [0.25, 0.3) is 6.08 Å². The highest BCUT2D eigenvalue weighted by Gasteiger charge is 2.31. The van der Waals surface area contributed by atoms with Gasteiger partial charge in [-0.3, -0.25) is 4.79 Å². The lowest BCUT2D eigenvalue weighted by Gasteiger charge is -2.09. The number of carbonyl (C=O) groups excluding carboxylic acids is 1. The molecule has 0 spiro atoms. The predicted molar refractivity (Wildman–Crippen MR) is 71.3 cm³/mol. The van der Waals surface area contributed by atoms with Gasteiger partial charge in [0.25, 0.3) is 0 Å². The summed E-state index contributed by atoms with van der Waals surface area (Å²) in [5.74, 6) is 0.232. The first-order chi connectivity index (χ1) is 9.40. The van der Waals surface area contributed by atoms with Crippen LogP contribution in [0, 0.1) is 0 Å². The van der Waals surface area contributed by atoms with Gasteiger partial charge >= 0.3 is 5.97 Å². The first kappa shape index (κ1) is 14.4. The van der Waals surface area contributed by atoms with Crippen LogP contribution in [0.15, 0.2) is 21.9 Å². The molecule has 2 rings (SSSR count). The van der Waals surface area contributed by atoms with Gasteiger partial charge in [-0.1, -0.05) is 0 Å². The smallest absolute Gasteiger partial charge is 0.302 e. The minimum atomic E-state index is -3.65. The molecule has 7 heteroatoms. The summed E-state index contributed by atoms with van der Waals surface area (Å²) < 4.78 is 39.6. The molecule has 0 aromatic heterocycles. The maximum absolute atomic E-state index is 12.3. The third-order valence-electron chi connectivity index (χ3n) is 2.88. The Morgan fingerprint density at radius 3 is 2.30 bits per heavy atom. The number of benzene rings is 1. The molecular formula is C13H14O6S. The molecule has 108 valence electrons. The van der Waals surface area contributed by atoms with Crippen molar-refractivity contribution in [2.75, 3.05) is 20.8 Å². The lowest BCUT2D eigenvalue weighted by molar-refractivity contribution is -0.139. The second-order valence-corrected chi connectivity index (χ2v) is 6.11. The van der Waals surface area contributed by atoms with Crippen LogP contribution < -0.4 is 9.47 Å². The minimum absolute atomic E-state index is 0.0398. The summed E-state index contributed by atoms with van der Waals surface area (Å²) in [6, 6.07) is 2.98. The van der Waals surface area contributed by atoms with E-state index in [1.165, 1.54) is 33.3 Å². The van der Waals surface area contributed by atoms with E-state index in [1.807, 2.05) is 0 Å². The Hall–Kier alpha value is -2.02. The van der Waals surface area contributed by atoms with Crippen molar-refractivity contribution >= 4 is 21.9 Å². The zero-order valence-corrected chi connectivity index (χ0v) is 12.1. The molecule has 1 aromatic rings. The highest BCUT2D eigenvalue weighted by molar-refractivity contribution is 7.95. The Kier molecular flexibility index (Phi) is 3.71. The molecule has 0 fully saturated rings. The molecule has 0 unspecified atom stereocenters. The van der Waals surface area contributed by atoms with Crippen molar-refractivity contribution in [3.63, 3.8) is 0 Å². The fourth-order valence-corrected chi connectivity index (χ4v) is 3.37. The van der Waals surface area contributed by atoms with Crippen LogP contribution >= 0.6 is 0 Å². The summed E-state index contributed by atoms with van der Waals surface area (Å²) in [7, 11) is -0.752. The maximum Gasteiger partial charge on any atom is 0.302 e. The quantitative estimate of drug-likeness (QED) is 0.782. The first-order valence-electron chi connectivity index (χ1n) is 5.75. The van der Waals surface area contributed by atoms with E-state index >= 15 is 0 Å². The summed E-state index contributed by atoms with van der Waals surface area (Å²) in [4.78, 5) is 11.0. The average Bonchev–Trinajstić information content (AvgIpc) is 2.65. The van der Waals surface area contributed by atoms with E-state index in [-0.39, 0.29) is 16.4 Å². The lowest BCUT2D eigenvalue weighted by Crippen LogP contribution is -2.09. The molecule has 1 heterocycles. The van der Waals surface area contributed by atoms with Gasteiger partial charge in [-0.05, 0) is 17.7 Å². The van der Waals surface area contributed by atoms with E-state index in [4.69, 9.17) is 14.2 Å². The number of esters is 1. The van der Waals surface area contributed by atoms with Gasteiger partial charge in [-0.15, -0.1) is 0 Å². The summed E-state index contributed by atoms with van der Waals surface area (Å²) >= 11 is 0. The number of carbonyl (C=O) groups is 1. The van der Waals surface area contributed by atoms with Gasteiger partial charge in [-0.25, -0.2) is 8.42 Å². The van der Waals surface area contributed by atoms with Crippen LogP contribution in [-0.4, -0.2) is 35.2 Å². The molecule has 0 radical (unpaired) electrons. The monoisotopic (exact) mass is 298 g/mol. The van der Waals surface area contributed by atoms with E-state index in [0.29, 0.717) is 17.1 Å².